The van der Waals surface area contributed by atoms with E-state index in [4.69, 9.17) is 4.42 Å². The number of nitrogens with one attached hydrogen (secondary N) is 2. The summed E-state index contributed by atoms with van der Waals surface area (Å²) in [6.45, 7) is 4.56. The van der Waals surface area contributed by atoms with Gasteiger partial charge in [-0.1, -0.05) is 59.7 Å². The second-order valence-corrected chi connectivity index (χ2v) is 7.27. The minimum absolute atomic E-state index is 0.249. The van der Waals surface area contributed by atoms with Crippen LogP contribution in [-0.4, -0.2) is 11.0 Å². The molecule has 0 saturated carbocycles. The summed E-state index contributed by atoms with van der Waals surface area (Å²) in [5.74, 6) is 0.543. The molecule has 5 heteroatoms. The van der Waals surface area contributed by atoms with Crippen LogP contribution in [0.2, 0.25) is 0 Å². The zero-order chi connectivity index (χ0) is 20.9. The van der Waals surface area contributed by atoms with Crippen LogP contribution in [0.5, 0.6) is 0 Å². The van der Waals surface area contributed by atoms with Gasteiger partial charge in [0.2, 0.25) is 5.89 Å². The van der Waals surface area contributed by atoms with E-state index in [1.54, 1.807) is 6.26 Å². The van der Waals surface area contributed by atoms with Crippen LogP contribution in [0.25, 0.3) is 22.7 Å². The van der Waals surface area contributed by atoms with Crippen molar-refractivity contribution in [2.24, 2.45) is 0 Å². The zero-order valence-corrected chi connectivity index (χ0v) is 17.0. The van der Waals surface area contributed by atoms with Crippen molar-refractivity contribution in [3.05, 3.63) is 95.7 Å². The van der Waals surface area contributed by atoms with Crippen LogP contribution in [0.3, 0.4) is 0 Å². The Balaban J connectivity index is 1.36. The van der Waals surface area contributed by atoms with Gasteiger partial charge in [-0.05, 0) is 43.7 Å². The molecule has 3 aromatic carbocycles. The number of amides is 2. The van der Waals surface area contributed by atoms with Crippen LogP contribution in [0.15, 0.2) is 83.5 Å². The van der Waals surface area contributed by atoms with E-state index in [9.17, 15) is 4.79 Å². The summed E-state index contributed by atoms with van der Waals surface area (Å²) in [4.78, 5) is 16.7. The molecule has 0 spiro atoms. The van der Waals surface area contributed by atoms with Crippen molar-refractivity contribution < 1.29 is 9.21 Å². The van der Waals surface area contributed by atoms with Crippen molar-refractivity contribution in [3.63, 3.8) is 0 Å². The van der Waals surface area contributed by atoms with Crippen molar-refractivity contribution in [2.75, 3.05) is 5.32 Å². The monoisotopic (exact) mass is 397 g/mol. The molecule has 0 fully saturated rings. The molecule has 150 valence electrons. The average molecular weight is 397 g/mol. The molecule has 0 aliphatic rings. The maximum Gasteiger partial charge on any atom is 0.319 e. The van der Waals surface area contributed by atoms with Gasteiger partial charge in [0.25, 0.3) is 0 Å². The lowest BCUT2D eigenvalue weighted by Crippen LogP contribution is -2.28. The second kappa shape index (κ2) is 8.66. The van der Waals surface area contributed by atoms with Gasteiger partial charge in [0, 0.05) is 23.4 Å². The standard InChI is InChI=1S/C25H23N3O2/c1-17-3-7-19(8-4-17)15-26-25(29)27-22-13-11-21(12-14-22)24-28-23(16-30-24)20-9-5-18(2)6-10-20/h3-14,16H,15H2,1-2H3,(H2,26,27,29). The Morgan fingerprint density at radius 3 is 2.10 bits per heavy atom. The van der Waals surface area contributed by atoms with Gasteiger partial charge < -0.3 is 15.1 Å². The first kappa shape index (κ1) is 19.5. The first-order valence-electron chi connectivity index (χ1n) is 9.80. The largest absolute Gasteiger partial charge is 0.444 e. The molecule has 1 aromatic heterocycles. The lowest BCUT2D eigenvalue weighted by Gasteiger charge is -2.08. The smallest absolute Gasteiger partial charge is 0.319 e. The molecule has 4 aromatic rings. The summed E-state index contributed by atoms with van der Waals surface area (Å²) < 4.78 is 5.64. The van der Waals surface area contributed by atoms with Gasteiger partial charge in [-0.3, -0.25) is 0 Å². The predicted molar refractivity (Wildman–Crippen MR) is 119 cm³/mol. The number of carbonyl (C=O) groups excluding carboxylic acids is 1. The van der Waals surface area contributed by atoms with E-state index in [2.05, 4.69) is 22.5 Å². The Morgan fingerprint density at radius 2 is 1.43 bits per heavy atom. The quantitative estimate of drug-likeness (QED) is 0.437. The number of rotatable bonds is 5. The van der Waals surface area contributed by atoms with E-state index in [1.807, 2.05) is 79.7 Å². The average Bonchev–Trinajstić information content (AvgIpc) is 3.25. The molecular weight excluding hydrogens is 374 g/mol. The van der Waals surface area contributed by atoms with Crippen molar-refractivity contribution >= 4 is 11.7 Å². The van der Waals surface area contributed by atoms with Gasteiger partial charge in [0.1, 0.15) is 12.0 Å². The van der Waals surface area contributed by atoms with Crippen LogP contribution in [0, 0.1) is 13.8 Å². The Morgan fingerprint density at radius 1 is 0.833 bits per heavy atom. The predicted octanol–water partition coefficient (Wildman–Crippen LogP) is 5.95. The fourth-order valence-electron chi connectivity index (χ4n) is 3.02. The van der Waals surface area contributed by atoms with Crippen molar-refractivity contribution in [2.45, 2.75) is 20.4 Å². The zero-order valence-electron chi connectivity index (χ0n) is 17.0. The molecule has 1 heterocycles. The number of hydrogen-bond donors (Lipinski definition) is 2. The summed E-state index contributed by atoms with van der Waals surface area (Å²) in [6, 6.07) is 23.4. The Hall–Kier alpha value is -3.86. The van der Waals surface area contributed by atoms with E-state index in [-0.39, 0.29) is 6.03 Å². The van der Waals surface area contributed by atoms with E-state index < -0.39 is 0 Å². The van der Waals surface area contributed by atoms with Crippen LogP contribution in [0.4, 0.5) is 10.5 Å². The number of benzene rings is 3. The maximum atomic E-state index is 12.1. The lowest BCUT2D eigenvalue weighted by molar-refractivity contribution is 0.251. The molecule has 0 aliphatic carbocycles. The molecule has 30 heavy (non-hydrogen) atoms. The number of oxazole rings is 1. The minimum atomic E-state index is -0.249. The Labute approximate surface area is 175 Å². The third-order valence-electron chi connectivity index (χ3n) is 4.81. The molecule has 0 bridgehead atoms. The molecule has 2 amide bonds. The molecule has 0 unspecified atom stereocenters. The highest BCUT2D eigenvalue weighted by molar-refractivity contribution is 5.89. The van der Waals surface area contributed by atoms with Gasteiger partial charge in [-0.25, -0.2) is 9.78 Å². The lowest BCUT2D eigenvalue weighted by atomic mass is 10.1. The highest BCUT2D eigenvalue weighted by Gasteiger charge is 2.09. The van der Waals surface area contributed by atoms with Crippen molar-refractivity contribution in [1.82, 2.24) is 10.3 Å². The summed E-state index contributed by atoms with van der Waals surface area (Å²) in [6.07, 6.45) is 1.66. The summed E-state index contributed by atoms with van der Waals surface area (Å²) in [5, 5.41) is 5.70. The number of carbonyl (C=O) groups is 1. The number of nitrogens with zero attached hydrogens (tertiary/aromatic N) is 1. The molecule has 0 atom stereocenters. The topological polar surface area (TPSA) is 67.2 Å². The maximum absolute atomic E-state index is 12.1. The molecular formula is C25H23N3O2. The van der Waals surface area contributed by atoms with E-state index in [0.29, 0.717) is 18.1 Å². The highest BCUT2D eigenvalue weighted by atomic mass is 16.3. The van der Waals surface area contributed by atoms with Crippen LogP contribution < -0.4 is 10.6 Å². The highest BCUT2D eigenvalue weighted by Crippen LogP contribution is 2.25. The third-order valence-corrected chi connectivity index (χ3v) is 4.81. The van der Waals surface area contributed by atoms with Crippen molar-refractivity contribution in [1.29, 1.82) is 0 Å². The van der Waals surface area contributed by atoms with Gasteiger partial charge in [0.05, 0.1) is 0 Å². The first-order valence-corrected chi connectivity index (χ1v) is 9.80. The van der Waals surface area contributed by atoms with Gasteiger partial charge in [-0.2, -0.15) is 0 Å². The molecule has 5 nitrogen and oxygen atoms in total. The van der Waals surface area contributed by atoms with Crippen LogP contribution in [-0.2, 0) is 6.54 Å². The fourth-order valence-corrected chi connectivity index (χ4v) is 3.02. The normalized spacial score (nSPS) is 10.6. The number of hydrogen-bond acceptors (Lipinski definition) is 3. The fraction of sp³-hybridized carbons (Fsp3) is 0.120. The molecule has 0 radical (unpaired) electrons. The summed E-state index contributed by atoms with van der Waals surface area (Å²) in [5.41, 5.74) is 6.81. The molecule has 4 rings (SSSR count). The summed E-state index contributed by atoms with van der Waals surface area (Å²) >= 11 is 0. The minimum Gasteiger partial charge on any atom is -0.444 e. The van der Waals surface area contributed by atoms with Gasteiger partial charge >= 0.3 is 6.03 Å². The molecule has 0 saturated heterocycles. The van der Waals surface area contributed by atoms with E-state index in [0.717, 1.165) is 22.4 Å². The second-order valence-electron chi connectivity index (χ2n) is 7.27. The number of aryl methyl sites for hydroxylation is 2. The SMILES string of the molecule is Cc1ccc(CNC(=O)Nc2ccc(-c3nc(-c4ccc(C)cc4)co3)cc2)cc1. The van der Waals surface area contributed by atoms with Gasteiger partial charge in [-0.15, -0.1) is 0 Å². The van der Waals surface area contributed by atoms with Gasteiger partial charge in [0.15, 0.2) is 0 Å². The third kappa shape index (κ3) is 4.75. The van der Waals surface area contributed by atoms with Crippen LogP contribution >= 0.6 is 0 Å². The number of urea groups is 1. The van der Waals surface area contributed by atoms with E-state index in [1.165, 1.54) is 11.1 Å². The molecule has 0 aliphatic heterocycles. The van der Waals surface area contributed by atoms with E-state index >= 15 is 0 Å². The molecule has 2 N–H and O–H groups in total. The first-order chi connectivity index (χ1) is 14.6. The van der Waals surface area contributed by atoms with Crippen molar-refractivity contribution in [3.8, 4) is 22.7 Å². The Bertz CT molecular complexity index is 1130. The Kier molecular flexibility index (Phi) is 5.61. The van der Waals surface area contributed by atoms with Crippen LogP contribution in [0.1, 0.15) is 16.7 Å². The summed E-state index contributed by atoms with van der Waals surface area (Å²) in [7, 11) is 0. The number of anilines is 1. The number of aromatic nitrogens is 1.